The van der Waals surface area contributed by atoms with Crippen molar-refractivity contribution in [3.8, 4) is 11.3 Å². The molecule has 1 heterocycles. The van der Waals surface area contributed by atoms with Gasteiger partial charge in [-0.1, -0.05) is 23.8 Å². The zero-order valence-corrected chi connectivity index (χ0v) is 10.3. The second-order valence-electron chi connectivity index (χ2n) is 4.27. The first-order chi connectivity index (χ1) is 8.20. The molecule has 3 nitrogen and oxygen atoms in total. The Morgan fingerprint density at radius 2 is 1.88 bits per heavy atom. The van der Waals surface area contributed by atoms with Crippen LogP contribution >= 0.6 is 0 Å². The first kappa shape index (κ1) is 11.7. The van der Waals surface area contributed by atoms with E-state index >= 15 is 0 Å². The molecule has 3 heteroatoms. The maximum Gasteiger partial charge on any atom is 0.0932 e. The number of benzene rings is 1. The number of hydrogen-bond donors (Lipinski definition) is 1. The number of nitrogens with zero attached hydrogens (tertiary/aromatic N) is 2. The molecular weight excluding hydrogens is 210 g/mol. The first-order valence-corrected chi connectivity index (χ1v) is 5.81. The lowest BCUT2D eigenvalue weighted by atomic mass is 10.0. The summed E-state index contributed by atoms with van der Waals surface area (Å²) in [6, 6.07) is 10.4. The number of nitrogens with two attached hydrogens (primary N) is 1. The average Bonchev–Trinajstić information content (AvgIpc) is 2.31. The van der Waals surface area contributed by atoms with Crippen LogP contribution in [0.4, 0.5) is 0 Å². The Bertz CT molecular complexity index is 503. The molecular formula is C14H17N3. The molecule has 0 amide bonds. The molecule has 0 aliphatic rings. The van der Waals surface area contributed by atoms with Crippen molar-refractivity contribution in [1.82, 2.24) is 10.2 Å². The maximum absolute atomic E-state index is 5.48. The summed E-state index contributed by atoms with van der Waals surface area (Å²) in [5.74, 6) is 0. The van der Waals surface area contributed by atoms with Crippen LogP contribution in [0.2, 0.25) is 0 Å². The number of hydrogen-bond acceptors (Lipinski definition) is 3. The molecule has 17 heavy (non-hydrogen) atoms. The fourth-order valence-electron chi connectivity index (χ4n) is 1.89. The van der Waals surface area contributed by atoms with Crippen molar-refractivity contribution in [1.29, 1.82) is 0 Å². The van der Waals surface area contributed by atoms with Gasteiger partial charge in [-0.3, -0.25) is 0 Å². The van der Waals surface area contributed by atoms with Crippen molar-refractivity contribution in [3.63, 3.8) is 0 Å². The molecule has 1 aromatic carbocycles. The van der Waals surface area contributed by atoms with Gasteiger partial charge in [-0.05, 0) is 38.1 Å². The van der Waals surface area contributed by atoms with Crippen molar-refractivity contribution in [2.24, 2.45) is 5.73 Å². The van der Waals surface area contributed by atoms with Gasteiger partial charge < -0.3 is 5.73 Å². The lowest BCUT2D eigenvalue weighted by Crippen LogP contribution is -2.05. The van der Waals surface area contributed by atoms with Crippen LogP contribution in [0.15, 0.2) is 30.3 Å². The summed E-state index contributed by atoms with van der Waals surface area (Å²) in [4.78, 5) is 0. The van der Waals surface area contributed by atoms with Crippen LogP contribution in [0.1, 0.15) is 16.8 Å². The average molecular weight is 227 g/mol. The Labute approximate surface area is 102 Å². The summed E-state index contributed by atoms with van der Waals surface area (Å²) >= 11 is 0. The van der Waals surface area contributed by atoms with Gasteiger partial charge in [0.25, 0.3) is 0 Å². The molecule has 0 fully saturated rings. The summed E-state index contributed by atoms with van der Waals surface area (Å²) in [6.07, 6.45) is 0.778. The molecule has 0 atom stereocenters. The van der Waals surface area contributed by atoms with Gasteiger partial charge in [-0.15, -0.1) is 0 Å². The smallest absolute Gasteiger partial charge is 0.0932 e. The molecule has 0 aliphatic heterocycles. The summed E-state index contributed by atoms with van der Waals surface area (Å²) in [5, 5.41) is 8.43. The third-order valence-corrected chi connectivity index (χ3v) is 2.78. The van der Waals surface area contributed by atoms with E-state index < -0.39 is 0 Å². The SMILES string of the molecule is Cc1ccc(-c2ccc(CCN)nn2)c(C)c1. The van der Waals surface area contributed by atoms with Crippen LogP contribution in [-0.4, -0.2) is 16.7 Å². The molecule has 0 radical (unpaired) electrons. The normalized spacial score (nSPS) is 10.5. The summed E-state index contributed by atoms with van der Waals surface area (Å²) in [7, 11) is 0. The van der Waals surface area contributed by atoms with Crippen LogP contribution in [0.5, 0.6) is 0 Å². The van der Waals surface area contributed by atoms with Gasteiger partial charge in [0.1, 0.15) is 0 Å². The Hall–Kier alpha value is -1.74. The van der Waals surface area contributed by atoms with Crippen LogP contribution in [0.3, 0.4) is 0 Å². The third-order valence-electron chi connectivity index (χ3n) is 2.78. The van der Waals surface area contributed by atoms with Crippen molar-refractivity contribution in [2.45, 2.75) is 20.3 Å². The highest BCUT2D eigenvalue weighted by Gasteiger charge is 2.04. The predicted octanol–water partition coefficient (Wildman–Crippen LogP) is 2.26. The quantitative estimate of drug-likeness (QED) is 0.875. The molecule has 0 bridgehead atoms. The Balaban J connectivity index is 2.33. The maximum atomic E-state index is 5.48. The lowest BCUT2D eigenvalue weighted by Gasteiger charge is -2.06. The van der Waals surface area contributed by atoms with E-state index in [9.17, 15) is 0 Å². The predicted molar refractivity (Wildman–Crippen MR) is 69.7 cm³/mol. The number of aryl methyl sites for hydroxylation is 2. The second kappa shape index (κ2) is 5.06. The minimum atomic E-state index is 0.609. The van der Waals surface area contributed by atoms with Crippen molar-refractivity contribution >= 4 is 0 Å². The fraction of sp³-hybridized carbons (Fsp3) is 0.286. The molecule has 0 unspecified atom stereocenters. The lowest BCUT2D eigenvalue weighted by molar-refractivity contribution is 0.869. The molecule has 1 aromatic heterocycles. The number of aromatic nitrogens is 2. The molecule has 0 saturated heterocycles. The summed E-state index contributed by atoms with van der Waals surface area (Å²) in [5.41, 5.74) is 11.0. The van der Waals surface area contributed by atoms with Gasteiger partial charge in [0, 0.05) is 12.0 Å². The minimum Gasteiger partial charge on any atom is -0.330 e. The summed E-state index contributed by atoms with van der Waals surface area (Å²) in [6.45, 7) is 4.79. The molecule has 2 rings (SSSR count). The Kier molecular flexibility index (Phi) is 3.49. The standard InChI is InChI=1S/C14H17N3/c1-10-3-5-13(11(2)9-10)14-6-4-12(7-8-15)16-17-14/h3-6,9H,7-8,15H2,1-2H3. The van der Waals surface area contributed by atoms with E-state index in [0.717, 1.165) is 23.4 Å². The van der Waals surface area contributed by atoms with Crippen molar-refractivity contribution in [3.05, 3.63) is 47.2 Å². The van der Waals surface area contributed by atoms with E-state index in [2.05, 4.69) is 42.2 Å². The number of rotatable bonds is 3. The van der Waals surface area contributed by atoms with E-state index in [-0.39, 0.29) is 0 Å². The highest BCUT2D eigenvalue weighted by Crippen LogP contribution is 2.21. The van der Waals surface area contributed by atoms with Crippen molar-refractivity contribution in [2.75, 3.05) is 6.54 Å². The van der Waals surface area contributed by atoms with Crippen LogP contribution in [0, 0.1) is 13.8 Å². The first-order valence-electron chi connectivity index (χ1n) is 5.81. The highest BCUT2D eigenvalue weighted by atomic mass is 15.1. The third kappa shape index (κ3) is 2.68. The largest absolute Gasteiger partial charge is 0.330 e. The van der Waals surface area contributed by atoms with Gasteiger partial charge in [-0.25, -0.2) is 0 Å². The molecule has 88 valence electrons. The Morgan fingerprint density at radius 1 is 1.06 bits per heavy atom. The van der Waals surface area contributed by atoms with E-state index in [0.29, 0.717) is 6.54 Å². The highest BCUT2D eigenvalue weighted by molar-refractivity contribution is 5.63. The molecule has 0 spiro atoms. The van der Waals surface area contributed by atoms with Gasteiger partial charge in [0.05, 0.1) is 11.4 Å². The molecule has 0 saturated carbocycles. The van der Waals surface area contributed by atoms with E-state index in [1.807, 2.05) is 12.1 Å². The van der Waals surface area contributed by atoms with Crippen LogP contribution < -0.4 is 5.73 Å². The van der Waals surface area contributed by atoms with Crippen LogP contribution in [-0.2, 0) is 6.42 Å². The van der Waals surface area contributed by atoms with Crippen LogP contribution in [0.25, 0.3) is 11.3 Å². The van der Waals surface area contributed by atoms with E-state index in [4.69, 9.17) is 5.73 Å². The molecule has 2 N–H and O–H groups in total. The molecule has 0 aliphatic carbocycles. The van der Waals surface area contributed by atoms with Gasteiger partial charge in [-0.2, -0.15) is 10.2 Å². The minimum absolute atomic E-state index is 0.609. The van der Waals surface area contributed by atoms with Gasteiger partial charge >= 0.3 is 0 Å². The topological polar surface area (TPSA) is 51.8 Å². The van der Waals surface area contributed by atoms with Gasteiger partial charge in [0.2, 0.25) is 0 Å². The second-order valence-corrected chi connectivity index (χ2v) is 4.27. The van der Waals surface area contributed by atoms with Gasteiger partial charge in [0.15, 0.2) is 0 Å². The summed E-state index contributed by atoms with van der Waals surface area (Å²) < 4.78 is 0. The Morgan fingerprint density at radius 3 is 2.47 bits per heavy atom. The van der Waals surface area contributed by atoms with E-state index in [1.54, 1.807) is 0 Å². The zero-order chi connectivity index (χ0) is 12.3. The zero-order valence-electron chi connectivity index (χ0n) is 10.3. The fourth-order valence-corrected chi connectivity index (χ4v) is 1.89. The monoisotopic (exact) mass is 227 g/mol. The van der Waals surface area contributed by atoms with Crippen molar-refractivity contribution < 1.29 is 0 Å². The van der Waals surface area contributed by atoms with E-state index in [1.165, 1.54) is 11.1 Å². The molecule has 2 aromatic rings.